The second-order valence-corrected chi connectivity index (χ2v) is 5.51. The number of nitrogen functional groups attached to an aromatic ring is 1. The largest absolute Gasteiger partial charge is 0.382 e. The van der Waals surface area contributed by atoms with Crippen LogP contribution in [0.1, 0.15) is 33.3 Å². The van der Waals surface area contributed by atoms with Crippen LogP contribution in [0, 0.1) is 0 Å². The molecule has 2 N–H and O–H groups in total. The lowest BCUT2D eigenvalue weighted by Crippen LogP contribution is -2.31. The van der Waals surface area contributed by atoms with Gasteiger partial charge in [-0.2, -0.15) is 0 Å². The van der Waals surface area contributed by atoms with Crippen LogP contribution in [-0.2, 0) is 6.54 Å². The van der Waals surface area contributed by atoms with Gasteiger partial charge in [-0.1, -0.05) is 12.1 Å². The highest BCUT2D eigenvalue weighted by atomic mass is 16.2. The molecule has 2 amide bonds. The molecule has 0 spiro atoms. The quantitative estimate of drug-likeness (QED) is 0.896. The highest BCUT2D eigenvalue weighted by molar-refractivity contribution is 5.96. The van der Waals surface area contributed by atoms with E-state index in [2.05, 4.69) is 9.97 Å². The second kappa shape index (κ2) is 7.54. The van der Waals surface area contributed by atoms with Gasteiger partial charge in [0.15, 0.2) is 11.5 Å². The average Bonchev–Trinajstić information content (AvgIpc) is 2.59. The molecule has 0 saturated carbocycles. The van der Waals surface area contributed by atoms with E-state index in [-0.39, 0.29) is 23.3 Å². The van der Waals surface area contributed by atoms with Crippen LogP contribution in [0.15, 0.2) is 36.7 Å². The molecule has 2 aromatic rings. The summed E-state index contributed by atoms with van der Waals surface area (Å²) >= 11 is 0. The first kappa shape index (κ1) is 17.4. The molecule has 0 saturated heterocycles. The van der Waals surface area contributed by atoms with Crippen molar-refractivity contribution in [1.29, 1.82) is 0 Å². The van der Waals surface area contributed by atoms with E-state index in [1.807, 2.05) is 19.1 Å². The number of hydrogen-bond acceptors (Lipinski definition) is 5. The number of hydrogen-bond donors (Lipinski definition) is 1. The van der Waals surface area contributed by atoms with Crippen molar-refractivity contribution in [1.82, 2.24) is 19.8 Å². The number of aromatic nitrogens is 2. The third-order valence-corrected chi connectivity index (χ3v) is 3.58. The number of carbonyl (C=O) groups excluding carboxylic acids is 2. The standard InChI is InChI=1S/C17H21N5O2/c1-4-22(17(24)14-15(18)20-10-9-19-14)11-12-5-7-13(8-6-12)16(23)21(2)3/h5-10H,4,11H2,1-3H3,(H2,18,20). The highest BCUT2D eigenvalue weighted by Gasteiger charge is 2.19. The zero-order valence-corrected chi connectivity index (χ0v) is 14.1. The van der Waals surface area contributed by atoms with Crippen LogP contribution in [-0.4, -0.2) is 52.2 Å². The molecule has 7 heteroatoms. The maximum absolute atomic E-state index is 12.5. The number of carbonyl (C=O) groups is 2. The molecule has 0 fully saturated rings. The molecule has 1 heterocycles. The fourth-order valence-electron chi connectivity index (χ4n) is 2.22. The predicted molar refractivity (Wildman–Crippen MR) is 91.3 cm³/mol. The van der Waals surface area contributed by atoms with Crippen molar-refractivity contribution in [2.45, 2.75) is 13.5 Å². The minimum Gasteiger partial charge on any atom is -0.382 e. The fourth-order valence-corrected chi connectivity index (χ4v) is 2.22. The van der Waals surface area contributed by atoms with Gasteiger partial charge < -0.3 is 15.5 Å². The van der Waals surface area contributed by atoms with Crippen LogP contribution in [0.2, 0.25) is 0 Å². The molecule has 2 rings (SSSR count). The Hall–Kier alpha value is -2.96. The minimum atomic E-state index is -0.267. The number of nitrogens with zero attached hydrogens (tertiary/aromatic N) is 4. The van der Waals surface area contributed by atoms with E-state index >= 15 is 0 Å². The lowest BCUT2D eigenvalue weighted by molar-refractivity contribution is 0.0746. The van der Waals surface area contributed by atoms with Gasteiger partial charge in [0.05, 0.1) is 0 Å². The first-order valence-electron chi connectivity index (χ1n) is 7.60. The number of benzene rings is 1. The van der Waals surface area contributed by atoms with Gasteiger partial charge in [-0.3, -0.25) is 9.59 Å². The summed E-state index contributed by atoms with van der Waals surface area (Å²) in [5.74, 6) is -0.207. The van der Waals surface area contributed by atoms with E-state index in [4.69, 9.17) is 5.73 Å². The molecule has 7 nitrogen and oxygen atoms in total. The molecule has 0 atom stereocenters. The molecule has 0 unspecified atom stereocenters. The maximum atomic E-state index is 12.5. The Labute approximate surface area is 141 Å². The van der Waals surface area contributed by atoms with Crippen molar-refractivity contribution in [2.24, 2.45) is 0 Å². The maximum Gasteiger partial charge on any atom is 0.276 e. The van der Waals surface area contributed by atoms with Gasteiger partial charge in [-0.15, -0.1) is 0 Å². The van der Waals surface area contributed by atoms with Crippen molar-refractivity contribution in [3.63, 3.8) is 0 Å². The van der Waals surface area contributed by atoms with E-state index in [9.17, 15) is 9.59 Å². The molecule has 0 aliphatic carbocycles. The summed E-state index contributed by atoms with van der Waals surface area (Å²) in [5.41, 5.74) is 7.40. The van der Waals surface area contributed by atoms with Crippen molar-refractivity contribution in [3.8, 4) is 0 Å². The van der Waals surface area contributed by atoms with Crippen LogP contribution in [0.4, 0.5) is 5.82 Å². The van der Waals surface area contributed by atoms with Crippen molar-refractivity contribution in [3.05, 3.63) is 53.5 Å². The van der Waals surface area contributed by atoms with Gasteiger partial charge >= 0.3 is 0 Å². The topological polar surface area (TPSA) is 92.4 Å². The second-order valence-electron chi connectivity index (χ2n) is 5.51. The average molecular weight is 327 g/mol. The number of amides is 2. The Bertz CT molecular complexity index is 728. The predicted octanol–water partition coefficient (Wildman–Crippen LogP) is 1.42. The molecule has 0 radical (unpaired) electrons. The van der Waals surface area contributed by atoms with Gasteiger partial charge in [0.25, 0.3) is 11.8 Å². The van der Waals surface area contributed by atoms with E-state index in [1.54, 1.807) is 31.1 Å². The summed E-state index contributed by atoms with van der Waals surface area (Å²) in [6, 6.07) is 7.19. The number of rotatable bonds is 5. The van der Waals surface area contributed by atoms with Crippen LogP contribution in [0.3, 0.4) is 0 Å². The summed E-state index contributed by atoms with van der Waals surface area (Å²) in [4.78, 5) is 35.5. The normalized spacial score (nSPS) is 10.3. The summed E-state index contributed by atoms with van der Waals surface area (Å²) in [6.45, 7) is 2.80. The Balaban J connectivity index is 2.14. The van der Waals surface area contributed by atoms with E-state index in [0.717, 1.165) is 5.56 Å². The van der Waals surface area contributed by atoms with Crippen LogP contribution < -0.4 is 5.73 Å². The Morgan fingerprint density at radius 2 is 1.67 bits per heavy atom. The molecule has 126 valence electrons. The first-order chi connectivity index (χ1) is 11.4. The van der Waals surface area contributed by atoms with Gasteiger partial charge in [-0.25, -0.2) is 9.97 Å². The van der Waals surface area contributed by atoms with Gasteiger partial charge in [0.1, 0.15) is 0 Å². The monoisotopic (exact) mass is 327 g/mol. The molecule has 24 heavy (non-hydrogen) atoms. The summed E-state index contributed by atoms with van der Waals surface area (Å²) in [5, 5.41) is 0. The smallest absolute Gasteiger partial charge is 0.276 e. The molecule has 0 bridgehead atoms. The zero-order chi connectivity index (χ0) is 17.7. The lowest BCUT2D eigenvalue weighted by Gasteiger charge is -2.21. The summed E-state index contributed by atoms with van der Waals surface area (Å²) in [6.07, 6.45) is 2.89. The Kier molecular flexibility index (Phi) is 5.47. The van der Waals surface area contributed by atoms with Crippen molar-refractivity contribution in [2.75, 3.05) is 26.4 Å². The van der Waals surface area contributed by atoms with Crippen LogP contribution >= 0.6 is 0 Å². The summed E-state index contributed by atoms with van der Waals surface area (Å²) < 4.78 is 0. The molecule has 0 aliphatic heterocycles. The highest BCUT2D eigenvalue weighted by Crippen LogP contribution is 2.13. The molecule has 0 aliphatic rings. The van der Waals surface area contributed by atoms with Gasteiger partial charge in [-0.05, 0) is 24.6 Å². The SMILES string of the molecule is CCN(Cc1ccc(C(=O)N(C)C)cc1)C(=O)c1nccnc1N. The van der Waals surface area contributed by atoms with Gasteiger partial charge in [0.2, 0.25) is 0 Å². The third kappa shape index (κ3) is 3.87. The number of anilines is 1. The molecule has 1 aromatic heterocycles. The molecular formula is C17H21N5O2. The third-order valence-electron chi connectivity index (χ3n) is 3.58. The van der Waals surface area contributed by atoms with Crippen molar-refractivity contribution >= 4 is 17.6 Å². The van der Waals surface area contributed by atoms with E-state index < -0.39 is 0 Å². The fraction of sp³-hybridized carbons (Fsp3) is 0.294. The molecule has 1 aromatic carbocycles. The van der Waals surface area contributed by atoms with Gasteiger partial charge in [0, 0.05) is 45.1 Å². The van der Waals surface area contributed by atoms with Crippen molar-refractivity contribution < 1.29 is 9.59 Å². The Morgan fingerprint density at radius 3 is 2.21 bits per heavy atom. The van der Waals surface area contributed by atoms with E-state index in [1.165, 1.54) is 17.3 Å². The minimum absolute atomic E-state index is 0.0580. The number of nitrogens with two attached hydrogens (primary N) is 1. The molecular weight excluding hydrogens is 306 g/mol. The summed E-state index contributed by atoms with van der Waals surface area (Å²) in [7, 11) is 3.41. The van der Waals surface area contributed by atoms with Crippen LogP contribution in [0.25, 0.3) is 0 Å². The van der Waals surface area contributed by atoms with E-state index in [0.29, 0.717) is 18.7 Å². The lowest BCUT2D eigenvalue weighted by atomic mass is 10.1. The first-order valence-corrected chi connectivity index (χ1v) is 7.60. The Morgan fingerprint density at radius 1 is 1.04 bits per heavy atom. The van der Waals surface area contributed by atoms with Crippen LogP contribution in [0.5, 0.6) is 0 Å². The zero-order valence-electron chi connectivity index (χ0n) is 14.1.